The van der Waals surface area contributed by atoms with Crippen LogP contribution in [-0.2, 0) is 0 Å². The van der Waals surface area contributed by atoms with Crippen molar-refractivity contribution in [3.05, 3.63) is 23.8 Å². The van der Waals surface area contributed by atoms with Gasteiger partial charge in [0, 0.05) is 6.04 Å². The lowest BCUT2D eigenvalue weighted by atomic mass is 10.00. The molecule has 0 saturated carbocycles. The Morgan fingerprint density at radius 2 is 2.20 bits per heavy atom. The number of hydrogen-bond donors (Lipinski definition) is 2. The number of benzene rings is 1. The van der Waals surface area contributed by atoms with E-state index < -0.39 is 0 Å². The SMILES string of the molecule is COc1cccc(C(=O)NC(C)C2CCNC2)c1OC. The van der Waals surface area contributed by atoms with Gasteiger partial charge in [-0.05, 0) is 44.5 Å². The van der Waals surface area contributed by atoms with E-state index in [0.717, 1.165) is 19.5 Å². The summed E-state index contributed by atoms with van der Waals surface area (Å²) in [5.74, 6) is 1.40. The number of para-hydroxylation sites is 1. The van der Waals surface area contributed by atoms with Crippen molar-refractivity contribution >= 4 is 5.91 Å². The average Bonchev–Trinajstić information content (AvgIpc) is 3.00. The number of nitrogens with one attached hydrogen (secondary N) is 2. The third-order valence-corrected chi connectivity index (χ3v) is 3.81. The first-order chi connectivity index (χ1) is 9.67. The Bertz CT molecular complexity index is 470. The Kier molecular flexibility index (Phi) is 4.84. The molecule has 1 saturated heterocycles. The smallest absolute Gasteiger partial charge is 0.255 e. The highest BCUT2D eigenvalue weighted by Gasteiger charge is 2.24. The second-order valence-corrected chi connectivity index (χ2v) is 5.06. The summed E-state index contributed by atoms with van der Waals surface area (Å²) in [4.78, 5) is 12.4. The highest BCUT2D eigenvalue weighted by atomic mass is 16.5. The van der Waals surface area contributed by atoms with Crippen LogP contribution in [0.1, 0.15) is 23.7 Å². The highest BCUT2D eigenvalue weighted by molar-refractivity contribution is 5.98. The molecule has 2 atom stereocenters. The van der Waals surface area contributed by atoms with Crippen molar-refractivity contribution in [2.75, 3.05) is 27.3 Å². The van der Waals surface area contributed by atoms with Crippen LogP contribution in [0, 0.1) is 5.92 Å². The lowest BCUT2D eigenvalue weighted by molar-refractivity contribution is 0.0925. The molecule has 1 aromatic rings. The summed E-state index contributed by atoms with van der Waals surface area (Å²) in [5, 5.41) is 6.36. The van der Waals surface area contributed by atoms with Gasteiger partial charge in [-0.25, -0.2) is 0 Å². The Balaban J connectivity index is 2.12. The van der Waals surface area contributed by atoms with E-state index in [1.54, 1.807) is 32.4 Å². The zero-order chi connectivity index (χ0) is 14.5. The first-order valence-electron chi connectivity index (χ1n) is 6.90. The fourth-order valence-electron chi connectivity index (χ4n) is 2.57. The molecular formula is C15H22N2O3. The van der Waals surface area contributed by atoms with E-state index in [1.807, 2.05) is 6.92 Å². The molecule has 2 N–H and O–H groups in total. The first-order valence-corrected chi connectivity index (χ1v) is 6.90. The van der Waals surface area contributed by atoms with Crippen molar-refractivity contribution in [2.45, 2.75) is 19.4 Å². The maximum Gasteiger partial charge on any atom is 0.255 e. The molecule has 5 nitrogen and oxygen atoms in total. The van der Waals surface area contributed by atoms with Crippen LogP contribution >= 0.6 is 0 Å². The summed E-state index contributed by atoms with van der Waals surface area (Å²) in [5.41, 5.74) is 0.504. The predicted molar refractivity (Wildman–Crippen MR) is 77.5 cm³/mol. The van der Waals surface area contributed by atoms with E-state index in [9.17, 15) is 4.79 Å². The molecule has 1 amide bonds. The number of hydrogen-bond acceptors (Lipinski definition) is 4. The minimum Gasteiger partial charge on any atom is -0.493 e. The molecule has 5 heteroatoms. The third kappa shape index (κ3) is 3.04. The van der Waals surface area contributed by atoms with Crippen LogP contribution in [0.5, 0.6) is 11.5 Å². The van der Waals surface area contributed by atoms with Crippen LogP contribution in [-0.4, -0.2) is 39.3 Å². The molecule has 1 fully saturated rings. The van der Waals surface area contributed by atoms with Gasteiger partial charge in [-0.2, -0.15) is 0 Å². The largest absolute Gasteiger partial charge is 0.493 e. The van der Waals surface area contributed by atoms with Gasteiger partial charge in [-0.15, -0.1) is 0 Å². The van der Waals surface area contributed by atoms with Crippen LogP contribution in [0.15, 0.2) is 18.2 Å². The van der Waals surface area contributed by atoms with Gasteiger partial charge in [0.05, 0.1) is 19.8 Å². The molecule has 20 heavy (non-hydrogen) atoms. The van der Waals surface area contributed by atoms with Gasteiger partial charge in [-0.1, -0.05) is 6.07 Å². The molecule has 0 spiro atoms. The Morgan fingerprint density at radius 1 is 1.40 bits per heavy atom. The standard InChI is InChI=1S/C15H22N2O3/c1-10(11-7-8-16-9-11)17-15(18)12-5-4-6-13(19-2)14(12)20-3/h4-6,10-11,16H,7-9H2,1-3H3,(H,17,18). The van der Waals surface area contributed by atoms with Crippen LogP contribution in [0.25, 0.3) is 0 Å². The molecule has 1 aromatic carbocycles. The maximum absolute atomic E-state index is 12.4. The zero-order valence-corrected chi connectivity index (χ0v) is 12.2. The van der Waals surface area contributed by atoms with Crippen molar-refractivity contribution in [1.82, 2.24) is 10.6 Å². The normalized spacial score (nSPS) is 19.4. The van der Waals surface area contributed by atoms with E-state index in [-0.39, 0.29) is 11.9 Å². The zero-order valence-electron chi connectivity index (χ0n) is 12.2. The molecule has 0 bridgehead atoms. The van der Waals surface area contributed by atoms with E-state index in [0.29, 0.717) is 23.0 Å². The number of carbonyl (C=O) groups excluding carboxylic acids is 1. The van der Waals surface area contributed by atoms with E-state index in [2.05, 4.69) is 10.6 Å². The minimum absolute atomic E-state index is 0.125. The summed E-state index contributed by atoms with van der Waals surface area (Å²) >= 11 is 0. The molecule has 2 unspecified atom stereocenters. The molecule has 0 aliphatic carbocycles. The van der Waals surface area contributed by atoms with Crippen molar-refractivity contribution in [3.63, 3.8) is 0 Å². The summed E-state index contributed by atoms with van der Waals surface area (Å²) in [6.45, 7) is 4.02. The average molecular weight is 278 g/mol. The first kappa shape index (κ1) is 14.7. The Hall–Kier alpha value is -1.75. The maximum atomic E-state index is 12.4. The summed E-state index contributed by atoms with van der Waals surface area (Å²) in [6, 6.07) is 5.45. The molecule has 1 heterocycles. The van der Waals surface area contributed by atoms with Crippen LogP contribution in [0.3, 0.4) is 0 Å². The summed E-state index contributed by atoms with van der Waals surface area (Å²) in [6.07, 6.45) is 1.09. The molecular weight excluding hydrogens is 256 g/mol. The predicted octanol–water partition coefficient (Wildman–Crippen LogP) is 1.43. The van der Waals surface area contributed by atoms with Gasteiger partial charge in [0.2, 0.25) is 0 Å². The lowest BCUT2D eigenvalue weighted by Crippen LogP contribution is -2.39. The molecule has 0 aromatic heterocycles. The van der Waals surface area contributed by atoms with E-state index >= 15 is 0 Å². The third-order valence-electron chi connectivity index (χ3n) is 3.81. The number of methoxy groups -OCH3 is 2. The van der Waals surface area contributed by atoms with Crippen LogP contribution in [0.4, 0.5) is 0 Å². The molecule has 0 radical (unpaired) electrons. The number of ether oxygens (including phenoxy) is 2. The van der Waals surface area contributed by atoms with Gasteiger partial charge in [0.25, 0.3) is 5.91 Å². The molecule has 1 aliphatic heterocycles. The van der Waals surface area contributed by atoms with E-state index in [1.165, 1.54) is 0 Å². The monoisotopic (exact) mass is 278 g/mol. The quantitative estimate of drug-likeness (QED) is 0.855. The molecule has 110 valence electrons. The minimum atomic E-state index is -0.125. The highest BCUT2D eigenvalue weighted by Crippen LogP contribution is 2.30. The fraction of sp³-hybridized carbons (Fsp3) is 0.533. The summed E-state index contributed by atoms with van der Waals surface area (Å²) < 4.78 is 10.5. The van der Waals surface area contributed by atoms with Crippen molar-refractivity contribution in [3.8, 4) is 11.5 Å². The van der Waals surface area contributed by atoms with Gasteiger partial charge in [0.1, 0.15) is 0 Å². The van der Waals surface area contributed by atoms with Gasteiger partial charge in [0.15, 0.2) is 11.5 Å². The van der Waals surface area contributed by atoms with Crippen LogP contribution < -0.4 is 20.1 Å². The van der Waals surface area contributed by atoms with Gasteiger partial charge >= 0.3 is 0 Å². The summed E-state index contributed by atoms with van der Waals surface area (Å²) in [7, 11) is 3.10. The van der Waals surface area contributed by atoms with Crippen molar-refractivity contribution in [1.29, 1.82) is 0 Å². The lowest BCUT2D eigenvalue weighted by Gasteiger charge is -2.20. The second-order valence-electron chi connectivity index (χ2n) is 5.06. The fourth-order valence-corrected chi connectivity index (χ4v) is 2.57. The Labute approximate surface area is 119 Å². The second kappa shape index (κ2) is 6.61. The number of rotatable bonds is 5. The molecule has 2 rings (SSSR count). The number of carbonyl (C=O) groups is 1. The molecule has 1 aliphatic rings. The van der Waals surface area contributed by atoms with Crippen molar-refractivity contribution in [2.24, 2.45) is 5.92 Å². The van der Waals surface area contributed by atoms with Gasteiger partial charge < -0.3 is 20.1 Å². The topological polar surface area (TPSA) is 59.6 Å². The van der Waals surface area contributed by atoms with Crippen LogP contribution in [0.2, 0.25) is 0 Å². The van der Waals surface area contributed by atoms with Gasteiger partial charge in [-0.3, -0.25) is 4.79 Å². The number of amides is 1. The van der Waals surface area contributed by atoms with Crippen molar-refractivity contribution < 1.29 is 14.3 Å². The van der Waals surface area contributed by atoms with E-state index in [4.69, 9.17) is 9.47 Å². The Morgan fingerprint density at radius 3 is 2.80 bits per heavy atom.